The van der Waals surface area contributed by atoms with E-state index in [4.69, 9.17) is 0 Å². The lowest BCUT2D eigenvalue weighted by Gasteiger charge is -2.14. The predicted molar refractivity (Wildman–Crippen MR) is 85.4 cm³/mol. The Morgan fingerprint density at radius 1 is 1.10 bits per heavy atom. The van der Waals surface area contributed by atoms with Crippen molar-refractivity contribution in [2.45, 2.75) is 19.4 Å². The molecule has 21 heavy (non-hydrogen) atoms. The first-order valence-electron chi connectivity index (χ1n) is 7.15. The molecule has 0 fully saturated rings. The minimum atomic E-state index is -0.0244. The van der Waals surface area contributed by atoms with Crippen LogP contribution in [0.25, 0.3) is 10.9 Å². The Morgan fingerprint density at radius 3 is 2.71 bits per heavy atom. The smallest absolute Gasteiger partial charge is 0.252 e. The molecule has 3 rings (SSSR count). The second-order valence-corrected chi connectivity index (χ2v) is 5.31. The maximum Gasteiger partial charge on any atom is 0.252 e. The molecule has 1 aromatic heterocycles. The molecule has 0 saturated carbocycles. The number of carbonyl (C=O) groups excluding carboxylic acids is 1. The average Bonchev–Trinajstić information content (AvgIpc) is 2.96. The molecule has 1 unspecified atom stereocenters. The molecular weight excluding hydrogens is 260 g/mol. The van der Waals surface area contributed by atoms with Gasteiger partial charge in [-0.1, -0.05) is 36.4 Å². The molecule has 106 valence electrons. The monoisotopic (exact) mass is 278 g/mol. The average molecular weight is 278 g/mol. The van der Waals surface area contributed by atoms with Gasteiger partial charge in [0.1, 0.15) is 0 Å². The van der Waals surface area contributed by atoms with E-state index in [1.165, 1.54) is 5.56 Å². The summed E-state index contributed by atoms with van der Waals surface area (Å²) < 4.78 is 0. The van der Waals surface area contributed by atoms with Crippen LogP contribution in [0.2, 0.25) is 0 Å². The van der Waals surface area contributed by atoms with Crippen molar-refractivity contribution in [2.24, 2.45) is 0 Å². The molecule has 2 aromatic carbocycles. The first-order chi connectivity index (χ1) is 10.2. The number of amides is 1. The van der Waals surface area contributed by atoms with Crippen molar-refractivity contribution in [3.63, 3.8) is 0 Å². The van der Waals surface area contributed by atoms with E-state index in [2.05, 4.69) is 22.4 Å². The van der Waals surface area contributed by atoms with E-state index in [0.717, 1.165) is 17.3 Å². The normalized spacial score (nSPS) is 12.2. The summed E-state index contributed by atoms with van der Waals surface area (Å²) >= 11 is 0. The second kappa shape index (κ2) is 5.83. The number of H-pyrrole nitrogens is 1. The van der Waals surface area contributed by atoms with Gasteiger partial charge in [-0.2, -0.15) is 0 Å². The first kappa shape index (κ1) is 13.4. The van der Waals surface area contributed by atoms with Crippen molar-refractivity contribution < 1.29 is 4.79 Å². The molecule has 2 N–H and O–H groups in total. The summed E-state index contributed by atoms with van der Waals surface area (Å²) in [5.41, 5.74) is 2.93. The fourth-order valence-corrected chi connectivity index (χ4v) is 2.60. The first-order valence-corrected chi connectivity index (χ1v) is 7.15. The van der Waals surface area contributed by atoms with Crippen LogP contribution < -0.4 is 5.32 Å². The van der Waals surface area contributed by atoms with Gasteiger partial charge in [0.05, 0.1) is 0 Å². The maximum atomic E-state index is 12.4. The van der Waals surface area contributed by atoms with Crippen molar-refractivity contribution >= 4 is 16.8 Å². The molecule has 3 nitrogen and oxygen atoms in total. The molecule has 1 amide bonds. The van der Waals surface area contributed by atoms with E-state index in [1.54, 1.807) is 0 Å². The summed E-state index contributed by atoms with van der Waals surface area (Å²) in [6.45, 7) is 2.03. The zero-order valence-corrected chi connectivity index (χ0v) is 12.0. The lowest BCUT2D eigenvalue weighted by Crippen LogP contribution is -2.34. The van der Waals surface area contributed by atoms with Gasteiger partial charge in [-0.05, 0) is 37.1 Å². The topological polar surface area (TPSA) is 44.9 Å². The van der Waals surface area contributed by atoms with Gasteiger partial charge in [0.15, 0.2) is 0 Å². The number of aromatic nitrogens is 1. The fourth-order valence-electron chi connectivity index (χ4n) is 2.60. The van der Waals surface area contributed by atoms with Crippen LogP contribution in [0.15, 0.2) is 60.8 Å². The van der Waals surface area contributed by atoms with Crippen LogP contribution in [0.1, 0.15) is 22.8 Å². The van der Waals surface area contributed by atoms with Gasteiger partial charge < -0.3 is 10.3 Å². The van der Waals surface area contributed by atoms with Gasteiger partial charge in [-0.25, -0.2) is 0 Å². The zero-order chi connectivity index (χ0) is 14.7. The summed E-state index contributed by atoms with van der Waals surface area (Å²) in [5.74, 6) is -0.0244. The predicted octanol–water partition coefficient (Wildman–Crippen LogP) is 3.53. The Balaban J connectivity index is 1.73. The molecule has 0 spiro atoms. The standard InChI is InChI=1S/C18H18N2O/c1-13(12-14-6-3-2-4-7-14)20-18(21)16-8-5-9-17-15(16)10-11-19-17/h2-11,13,19H,12H2,1H3,(H,20,21). The van der Waals surface area contributed by atoms with Crippen LogP contribution in [0.3, 0.4) is 0 Å². The SMILES string of the molecule is CC(Cc1ccccc1)NC(=O)c1cccc2[nH]ccc12. The molecule has 1 heterocycles. The van der Waals surface area contributed by atoms with E-state index in [-0.39, 0.29) is 11.9 Å². The van der Waals surface area contributed by atoms with E-state index in [9.17, 15) is 4.79 Å². The lowest BCUT2D eigenvalue weighted by molar-refractivity contribution is 0.0942. The van der Waals surface area contributed by atoms with Crippen molar-refractivity contribution in [1.82, 2.24) is 10.3 Å². The van der Waals surface area contributed by atoms with E-state index >= 15 is 0 Å². The number of aromatic amines is 1. The second-order valence-electron chi connectivity index (χ2n) is 5.31. The van der Waals surface area contributed by atoms with Gasteiger partial charge in [-0.3, -0.25) is 4.79 Å². The molecule has 0 aliphatic carbocycles. The van der Waals surface area contributed by atoms with E-state index in [1.807, 2.05) is 55.6 Å². The van der Waals surface area contributed by atoms with E-state index < -0.39 is 0 Å². The van der Waals surface area contributed by atoms with Crippen molar-refractivity contribution in [2.75, 3.05) is 0 Å². The summed E-state index contributed by atoms with van der Waals surface area (Å²) in [7, 11) is 0. The lowest BCUT2D eigenvalue weighted by atomic mass is 10.1. The number of carbonyl (C=O) groups is 1. The maximum absolute atomic E-state index is 12.4. The van der Waals surface area contributed by atoms with Crippen LogP contribution in [0.4, 0.5) is 0 Å². The molecule has 0 saturated heterocycles. The highest BCUT2D eigenvalue weighted by atomic mass is 16.1. The minimum absolute atomic E-state index is 0.0244. The van der Waals surface area contributed by atoms with Gasteiger partial charge in [0.2, 0.25) is 0 Å². The van der Waals surface area contributed by atoms with Gasteiger partial charge in [-0.15, -0.1) is 0 Å². The van der Waals surface area contributed by atoms with Crippen LogP contribution in [0, 0.1) is 0 Å². The number of hydrogen-bond donors (Lipinski definition) is 2. The largest absolute Gasteiger partial charge is 0.361 e. The number of rotatable bonds is 4. The third kappa shape index (κ3) is 2.97. The van der Waals surface area contributed by atoms with Crippen molar-refractivity contribution in [3.8, 4) is 0 Å². The summed E-state index contributed by atoms with van der Waals surface area (Å²) in [6, 6.07) is 18.0. The number of benzene rings is 2. The quantitative estimate of drug-likeness (QED) is 0.753. The van der Waals surface area contributed by atoms with Gasteiger partial charge in [0, 0.05) is 28.7 Å². The summed E-state index contributed by atoms with van der Waals surface area (Å²) in [4.78, 5) is 15.6. The zero-order valence-electron chi connectivity index (χ0n) is 12.0. The van der Waals surface area contributed by atoms with Crippen molar-refractivity contribution in [1.29, 1.82) is 0 Å². The molecular formula is C18H18N2O. The summed E-state index contributed by atoms with van der Waals surface area (Å²) in [5, 5.41) is 4.03. The van der Waals surface area contributed by atoms with Crippen LogP contribution in [-0.2, 0) is 6.42 Å². The van der Waals surface area contributed by atoms with Gasteiger partial charge in [0.25, 0.3) is 5.91 Å². The van der Waals surface area contributed by atoms with Crippen LogP contribution in [-0.4, -0.2) is 16.9 Å². The Labute approximate surface area is 124 Å². The molecule has 0 aliphatic heterocycles. The van der Waals surface area contributed by atoms with Gasteiger partial charge >= 0.3 is 0 Å². The van der Waals surface area contributed by atoms with Crippen molar-refractivity contribution in [3.05, 3.63) is 71.9 Å². The Kier molecular flexibility index (Phi) is 3.73. The Morgan fingerprint density at radius 2 is 1.90 bits per heavy atom. The minimum Gasteiger partial charge on any atom is -0.361 e. The number of fused-ring (bicyclic) bond motifs is 1. The molecule has 1 atom stereocenters. The van der Waals surface area contributed by atoms with Crippen LogP contribution in [0.5, 0.6) is 0 Å². The number of hydrogen-bond acceptors (Lipinski definition) is 1. The van der Waals surface area contributed by atoms with Crippen LogP contribution >= 0.6 is 0 Å². The fraction of sp³-hybridized carbons (Fsp3) is 0.167. The highest BCUT2D eigenvalue weighted by Crippen LogP contribution is 2.17. The molecule has 3 aromatic rings. The highest BCUT2D eigenvalue weighted by molar-refractivity contribution is 6.06. The Bertz CT molecular complexity index is 746. The molecule has 0 radical (unpaired) electrons. The third-order valence-electron chi connectivity index (χ3n) is 3.60. The highest BCUT2D eigenvalue weighted by Gasteiger charge is 2.13. The molecule has 0 bridgehead atoms. The third-order valence-corrected chi connectivity index (χ3v) is 3.60. The number of nitrogens with one attached hydrogen (secondary N) is 2. The summed E-state index contributed by atoms with van der Waals surface area (Å²) in [6.07, 6.45) is 2.69. The van der Waals surface area contributed by atoms with E-state index in [0.29, 0.717) is 5.56 Å². The molecule has 0 aliphatic rings. The Hall–Kier alpha value is -2.55. The molecule has 3 heteroatoms.